The van der Waals surface area contributed by atoms with Crippen molar-refractivity contribution in [1.82, 2.24) is 24.4 Å². The van der Waals surface area contributed by atoms with Gasteiger partial charge in [0, 0.05) is 16.8 Å². The van der Waals surface area contributed by atoms with Crippen LogP contribution >= 0.6 is 27.5 Å². The number of carbonyl (C=O) groups is 1. The van der Waals surface area contributed by atoms with E-state index in [1.807, 2.05) is 12.1 Å². The lowest BCUT2D eigenvalue weighted by Crippen LogP contribution is -2.16. The summed E-state index contributed by atoms with van der Waals surface area (Å²) in [5, 5.41) is 11.4. The number of alkyl halides is 3. The normalized spacial score (nSPS) is 11.6. The molecule has 0 saturated carbocycles. The smallest absolute Gasteiger partial charge is 0.433 e. The minimum atomic E-state index is -4.74. The average molecular weight is 606 g/mol. The number of ether oxygens (including phenoxy) is 1. The molecular formula is C25H17BrClF3N6O2. The van der Waals surface area contributed by atoms with Gasteiger partial charge in [-0.2, -0.15) is 23.4 Å². The summed E-state index contributed by atoms with van der Waals surface area (Å²) in [5.41, 5.74) is -0.101. The van der Waals surface area contributed by atoms with Crippen molar-refractivity contribution in [2.24, 2.45) is 0 Å². The van der Waals surface area contributed by atoms with Crippen molar-refractivity contribution in [2.75, 3.05) is 12.4 Å². The quantitative estimate of drug-likeness (QED) is 0.244. The van der Waals surface area contributed by atoms with E-state index in [1.54, 1.807) is 47.3 Å². The zero-order valence-electron chi connectivity index (χ0n) is 19.5. The molecule has 0 aliphatic carbocycles. The molecule has 1 N–H and O–H groups in total. The molecule has 3 aromatic heterocycles. The third kappa shape index (κ3) is 5.22. The third-order valence-corrected chi connectivity index (χ3v) is 6.43. The fourth-order valence-corrected chi connectivity index (χ4v) is 4.29. The Kier molecular flexibility index (Phi) is 6.84. The van der Waals surface area contributed by atoms with Gasteiger partial charge in [0.2, 0.25) is 0 Å². The van der Waals surface area contributed by atoms with E-state index in [0.717, 1.165) is 17.8 Å². The Balaban J connectivity index is 1.48. The Morgan fingerprint density at radius 2 is 1.84 bits per heavy atom. The van der Waals surface area contributed by atoms with Gasteiger partial charge in [0.1, 0.15) is 11.3 Å². The second-order valence-electron chi connectivity index (χ2n) is 8.15. The lowest BCUT2D eigenvalue weighted by atomic mass is 10.1. The molecule has 194 valence electrons. The Bertz CT molecular complexity index is 1630. The molecule has 8 nitrogen and oxygen atoms in total. The second kappa shape index (κ2) is 10.1. The third-order valence-electron chi connectivity index (χ3n) is 5.60. The van der Waals surface area contributed by atoms with Crippen molar-refractivity contribution in [3.63, 3.8) is 0 Å². The minimum absolute atomic E-state index is 0.0236. The number of halogens is 5. The molecule has 0 atom stereocenters. The Morgan fingerprint density at radius 1 is 1.13 bits per heavy atom. The van der Waals surface area contributed by atoms with Crippen LogP contribution in [0.3, 0.4) is 0 Å². The number of aromatic nitrogens is 5. The number of rotatable bonds is 6. The van der Waals surface area contributed by atoms with Gasteiger partial charge in [0.25, 0.3) is 5.91 Å². The van der Waals surface area contributed by atoms with Crippen LogP contribution in [0.5, 0.6) is 5.75 Å². The Hall–Kier alpha value is -3.90. The molecule has 1 amide bonds. The van der Waals surface area contributed by atoms with Crippen LogP contribution < -0.4 is 10.1 Å². The minimum Gasteiger partial charge on any atom is -0.497 e. The van der Waals surface area contributed by atoms with E-state index in [1.165, 1.54) is 7.11 Å². The van der Waals surface area contributed by atoms with Crippen LogP contribution in [-0.4, -0.2) is 37.4 Å². The van der Waals surface area contributed by atoms with E-state index in [2.05, 4.69) is 36.4 Å². The number of nitrogens with zero attached hydrogens (tertiary/aromatic N) is 5. The summed E-state index contributed by atoms with van der Waals surface area (Å²) in [5.74, 6) is 0.00647. The van der Waals surface area contributed by atoms with E-state index >= 15 is 0 Å². The molecule has 5 rings (SSSR count). The largest absolute Gasteiger partial charge is 0.497 e. The molecule has 0 spiro atoms. The molecule has 38 heavy (non-hydrogen) atoms. The topological polar surface area (TPSA) is 86.3 Å². The number of benzene rings is 2. The fraction of sp³-hybridized carbons (Fsp3) is 0.120. The molecule has 2 aromatic carbocycles. The maximum Gasteiger partial charge on any atom is 0.433 e. The highest BCUT2D eigenvalue weighted by atomic mass is 79.9. The van der Waals surface area contributed by atoms with Crippen molar-refractivity contribution >= 4 is 44.9 Å². The first-order chi connectivity index (χ1) is 18.1. The second-order valence-corrected chi connectivity index (χ2v) is 9.44. The molecule has 0 aliphatic rings. The number of carbonyl (C=O) groups excluding carboxylic acids is 1. The number of methoxy groups -OCH3 is 1. The molecular weight excluding hydrogens is 589 g/mol. The van der Waals surface area contributed by atoms with Gasteiger partial charge in [-0.05, 0) is 64.0 Å². The van der Waals surface area contributed by atoms with E-state index in [9.17, 15) is 18.0 Å². The maximum atomic E-state index is 13.9. The van der Waals surface area contributed by atoms with E-state index in [4.69, 9.17) is 16.3 Å². The molecule has 0 unspecified atom stereocenters. The Labute approximate surface area is 227 Å². The summed E-state index contributed by atoms with van der Waals surface area (Å²) in [4.78, 5) is 17.5. The van der Waals surface area contributed by atoms with Gasteiger partial charge in [-0.3, -0.25) is 9.48 Å². The molecule has 0 fully saturated rings. The molecule has 0 radical (unpaired) electrons. The standard InChI is InChI=1S/C25H17BrClF3N6O2/c1-38-17-8-4-15(5-9-17)20-10-21(25(28,29)30)36-23(32-20)18(11-31-36)24(37)33-22-19(26)13-35(34-22)12-14-2-6-16(27)7-3-14/h2-11,13H,12H2,1H3,(H,33,34,37). The Morgan fingerprint density at radius 3 is 2.50 bits per heavy atom. The van der Waals surface area contributed by atoms with Crippen molar-refractivity contribution in [3.05, 3.63) is 93.3 Å². The first kappa shape index (κ1) is 25.7. The van der Waals surface area contributed by atoms with E-state index in [0.29, 0.717) is 31.9 Å². The number of nitrogens with one attached hydrogen (secondary N) is 1. The van der Waals surface area contributed by atoms with Crippen LogP contribution in [0, 0.1) is 0 Å². The number of anilines is 1. The average Bonchev–Trinajstić information content (AvgIpc) is 3.47. The summed E-state index contributed by atoms with van der Waals surface area (Å²) in [6.45, 7) is 0.407. The van der Waals surface area contributed by atoms with Crippen LogP contribution in [0.4, 0.5) is 19.0 Å². The lowest BCUT2D eigenvalue weighted by molar-refractivity contribution is -0.142. The summed E-state index contributed by atoms with van der Waals surface area (Å²) in [6, 6.07) is 14.5. The molecule has 5 aromatic rings. The summed E-state index contributed by atoms with van der Waals surface area (Å²) in [6.07, 6.45) is -2.03. The predicted octanol–water partition coefficient (Wildman–Crippen LogP) is 6.34. The van der Waals surface area contributed by atoms with E-state index < -0.39 is 17.8 Å². The highest BCUT2D eigenvalue weighted by molar-refractivity contribution is 9.10. The lowest BCUT2D eigenvalue weighted by Gasteiger charge is -2.12. The van der Waals surface area contributed by atoms with E-state index in [-0.39, 0.29) is 22.7 Å². The molecule has 0 saturated heterocycles. The van der Waals surface area contributed by atoms with Gasteiger partial charge >= 0.3 is 6.18 Å². The van der Waals surface area contributed by atoms with Gasteiger partial charge in [-0.25, -0.2) is 9.50 Å². The molecule has 3 heterocycles. The number of fused-ring (bicyclic) bond motifs is 1. The monoisotopic (exact) mass is 604 g/mol. The van der Waals surface area contributed by atoms with Crippen LogP contribution in [0.2, 0.25) is 5.02 Å². The highest BCUT2D eigenvalue weighted by Crippen LogP contribution is 2.33. The van der Waals surface area contributed by atoms with Crippen LogP contribution in [0.15, 0.2) is 71.5 Å². The zero-order chi connectivity index (χ0) is 27.0. The number of amides is 1. The predicted molar refractivity (Wildman–Crippen MR) is 138 cm³/mol. The molecule has 13 heteroatoms. The van der Waals surface area contributed by atoms with Gasteiger partial charge in [0.15, 0.2) is 17.2 Å². The van der Waals surface area contributed by atoms with Crippen LogP contribution in [0.25, 0.3) is 16.9 Å². The van der Waals surface area contributed by atoms with Crippen molar-refractivity contribution < 1.29 is 22.7 Å². The van der Waals surface area contributed by atoms with Gasteiger partial charge in [-0.15, -0.1) is 0 Å². The zero-order valence-corrected chi connectivity index (χ0v) is 21.8. The van der Waals surface area contributed by atoms with Gasteiger partial charge in [0.05, 0.1) is 30.0 Å². The molecule has 0 aliphatic heterocycles. The SMILES string of the molecule is COc1ccc(-c2cc(C(F)(F)F)n3ncc(C(=O)Nc4nn(Cc5ccc(Cl)cc5)cc4Br)c3n2)cc1. The number of hydrogen-bond acceptors (Lipinski definition) is 5. The first-order valence-electron chi connectivity index (χ1n) is 11.0. The van der Waals surface area contributed by atoms with Crippen molar-refractivity contribution in [2.45, 2.75) is 12.7 Å². The fourth-order valence-electron chi connectivity index (χ4n) is 3.75. The van der Waals surface area contributed by atoms with Crippen LogP contribution in [-0.2, 0) is 12.7 Å². The van der Waals surface area contributed by atoms with Crippen molar-refractivity contribution in [3.8, 4) is 17.0 Å². The number of hydrogen-bond donors (Lipinski definition) is 1. The summed E-state index contributed by atoms with van der Waals surface area (Å²) < 4.78 is 49.5. The summed E-state index contributed by atoms with van der Waals surface area (Å²) in [7, 11) is 1.48. The van der Waals surface area contributed by atoms with Gasteiger partial charge in [-0.1, -0.05) is 23.7 Å². The van der Waals surface area contributed by atoms with Crippen molar-refractivity contribution in [1.29, 1.82) is 0 Å². The van der Waals surface area contributed by atoms with Gasteiger partial charge < -0.3 is 10.1 Å². The first-order valence-corrected chi connectivity index (χ1v) is 12.2. The molecule has 0 bridgehead atoms. The highest BCUT2D eigenvalue weighted by Gasteiger charge is 2.36. The van der Waals surface area contributed by atoms with Crippen LogP contribution in [0.1, 0.15) is 21.6 Å². The maximum absolute atomic E-state index is 13.9. The summed E-state index contributed by atoms with van der Waals surface area (Å²) >= 11 is 9.29.